The molecule has 1 heterocycles. The van der Waals surface area contributed by atoms with Crippen LogP contribution in [0.3, 0.4) is 0 Å². The number of hydrogen-bond acceptors (Lipinski definition) is 4. The maximum atomic E-state index is 12.8. The number of fused-ring (bicyclic) bond motifs is 1. The lowest BCUT2D eigenvalue weighted by Gasteiger charge is -2.38. The summed E-state index contributed by atoms with van der Waals surface area (Å²) in [5, 5.41) is 3.11. The Balaban J connectivity index is 1.70. The third-order valence-corrected chi connectivity index (χ3v) is 5.52. The van der Waals surface area contributed by atoms with Gasteiger partial charge in [-0.2, -0.15) is 0 Å². The van der Waals surface area contributed by atoms with Gasteiger partial charge in [-0.3, -0.25) is 9.69 Å². The molecule has 0 radical (unpaired) electrons. The maximum absolute atomic E-state index is 12.8. The van der Waals surface area contributed by atoms with Gasteiger partial charge in [0, 0.05) is 25.7 Å². The maximum Gasteiger partial charge on any atom is 0.255 e. The van der Waals surface area contributed by atoms with Crippen LogP contribution in [0, 0.1) is 5.92 Å². The van der Waals surface area contributed by atoms with Crippen molar-refractivity contribution in [3.8, 4) is 11.5 Å². The van der Waals surface area contributed by atoms with Gasteiger partial charge in [0.05, 0.1) is 19.8 Å². The number of hydrogen-bond donors (Lipinski definition) is 1. The van der Waals surface area contributed by atoms with E-state index in [9.17, 15) is 4.79 Å². The van der Waals surface area contributed by atoms with E-state index in [2.05, 4.69) is 48.3 Å². The average molecular weight is 383 g/mol. The third-order valence-electron chi connectivity index (χ3n) is 5.52. The van der Waals surface area contributed by atoms with Crippen molar-refractivity contribution in [3.05, 3.63) is 59.2 Å². The Morgan fingerprint density at radius 1 is 1.07 bits per heavy atom. The topological polar surface area (TPSA) is 50.8 Å². The van der Waals surface area contributed by atoms with E-state index in [4.69, 9.17) is 9.47 Å². The van der Waals surface area contributed by atoms with Crippen molar-refractivity contribution in [2.45, 2.75) is 32.9 Å². The van der Waals surface area contributed by atoms with E-state index in [0.29, 0.717) is 29.5 Å². The summed E-state index contributed by atoms with van der Waals surface area (Å²) in [4.78, 5) is 15.3. The lowest BCUT2D eigenvalue weighted by atomic mass is 9.95. The highest BCUT2D eigenvalue weighted by molar-refractivity contribution is 5.97. The molecule has 5 heteroatoms. The normalized spacial score (nSPS) is 15.0. The molecular weight excluding hydrogens is 352 g/mol. The molecule has 150 valence electrons. The molecule has 1 atom stereocenters. The van der Waals surface area contributed by atoms with Gasteiger partial charge in [0.1, 0.15) is 0 Å². The minimum Gasteiger partial charge on any atom is -0.493 e. The van der Waals surface area contributed by atoms with Crippen molar-refractivity contribution in [3.63, 3.8) is 0 Å². The van der Waals surface area contributed by atoms with E-state index in [0.717, 1.165) is 19.5 Å². The Hall–Kier alpha value is -2.53. The van der Waals surface area contributed by atoms with E-state index in [1.165, 1.54) is 11.1 Å². The predicted octanol–water partition coefficient (Wildman–Crippen LogP) is 3.52. The highest BCUT2D eigenvalue weighted by Crippen LogP contribution is 2.30. The van der Waals surface area contributed by atoms with Crippen LogP contribution in [0.4, 0.5) is 0 Å². The molecule has 1 aliphatic rings. The van der Waals surface area contributed by atoms with Crippen LogP contribution in [-0.2, 0) is 13.0 Å². The van der Waals surface area contributed by atoms with Crippen LogP contribution < -0.4 is 14.8 Å². The number of para-hydroxylation sites is 1. The molecule has 3 rings (SSSR count). The molecule has 28 heavy (non-hydrogen) atoms. The van der Waals surface area contributed by atoms with Crippen molar-refractivity contribution >= 4 is 5.91 Å². The number of ether oxygens (including phenoxy) is 2. The molecule has 1 aliphatic heterocycles. The van der Waals surface area contributed by atoms with Crippen LogP contribution in [0.2, 0.25) is 0 Å². The van der Waals surface area contributed by atoms with Gasteiger partial charge in [-0.25, -0.2) is 0 Å². The van der Waals surface area contributed by atoms with Crippen molar-refractivity contribution in [1.82, 2.24) is 10.2 Å². The van der Waals surface area contributed by atoms with Crippen molar-refractivity contribution in [1.29, 1.82) is 0 Å². The Labute approximate surface area is 167 Å². The quantitative estimate of drug-likeness (QED) is 0.796. The fourth-order valence-corrected chi connectivity index (χ4v) is 3.95. The first kappa shape index (κ1) is 20.2. The molecule has 0 aromatic heterocycles. The molecule has 5 nitrogen and oxygen atoms in total. The summed E-state index contributed by atoms with van der Waals surface area (Å²) < 4.78 is 10.7. The Kier molecular flexibility index (Phi) is 6.57. The second-order valence-corrected chi connectivity index (χ2v) is 7.55. The predicted molar refractivity (Wildman–Crippen MR) is 111 cm³/mol. The van der Waals surface area contributed by atoms with Crippen LogP contribution in [-0.4, -0.2) is 44.2 Å². The smallest absolute Gasteiger partial charge is 0.255 e. The molecule has 0 saturated carbocycles. The van der Waals surface area contributed by atoms with E-state index in [-0.39, 0.29) is 11.9 Å². The van der Waals surface area contributed by atoms with E-state index in [1.807, 2.05) is 0 Å². The number of nitrogens with one attached hydrogen (secondary N) is 1. The molecule has 2 aromatic rings. The van der Waals surface area contributed by atoms with Crippen molar-refractivity contribution < 1.29 is 14.3 Å². The van der Waals surface area contributed by atoms with Crippen LogP contribution in [0.25, 0.3) is 0 Å². The zero-order chi connectivity index (χ0) is 20.1. The summed E-state index contributed by atoms with van der Waals surface area (Å²) in [5.74, 6) is 1.32. The second kappa shape index (κ2) is 9.11. The van der Waals surface area contributed by atoms with Crippen LogP contribution in [0.15, 0.2) is 42.5 Å². The fraction of sp³-hybridized carbons (Fsp3) is 0.435. The first-order chi connectivity index (χ1) is 13.5. The van der Waals surface area contributed by atoms with Gasteiger partial charge in [0.15, 0.2) is 11.5 Å². The lowest BCUT2D eigenvalue weighted by molar-refractivity contribution is 0.0900. The molecule has 0 fully saturated rings. The van der Waals surface area contributed by atoms with Gasteiger partial charge < -0.3 is 14.8 Å². The standard InChI is InChI=1S/C23H30N2O3/c1-16(2)20(25-13-12-17-8-5-6-9-18(17)15-25)14-24-23(26)19-10-7-11-21(27-3)22(19)28-4/h5-11,16,20H,12-15H2,1-4H3,(H,24,26). The third kappa shape index (κ3) is 4.30. The highest BCUT2D eigenvalue weighted by atomic mass is 16.5. The molecule has 1 N–H and O–H groups in total. The molecule has 2 aromatic carbocycles. The number of methoxy groups -OCH3 is 2. The van der Waals surface area contributed by atoms with Crippen LogP contribution in [0.5, 0.6) is 11.5 Å². The largest absolute Gasteiger partial charge is 0.493 e. The monoisotopic (exact) mass is 382 g/mol. The van der Waals surface area contributed by atoms with E-state index < -0.39 is 0 Å². The van der Waals surface area contributed by atoms with E-state index in [1.54, 1.807) is 32.4 Å². The number of amides is 1. The van der Waals surface area contributed by atoms with Crippen molar-refractivity contribution in [2.75, 3.05) is 27.3 Å². The molecular formula is C23H30N2O3. The Morgan fingerprint density at radius 2 is 1.82 bits per heavy atom. The molecule has 0 aliphatic carbocycles. The minimum absolute atomic E-state index is 0.140. The average Bonchev–Trinajstić information content (AvgIpc) is 2.72. The first-order valence-electron chi connectivity index (χ1n) is 9.85. The summed E-state index contributed by atoms with van der Waals surface area (Å²) >= 11 is 0. The summed E-state index contributed by atoms with van der Waals surface area (Å²) in [5.41, 5.74) is 3.32. The lowest BCUT2D eigenvalue weighted by Crippen LogP contribution is -2.48. The first-order valence-corrected chi connectivity index (χ1v) is 9.85. The van der Waals surface area contributed by atoms with E-state index >= 15 is 0 Å². The zero-order valence-corrected chi connectivity index (χ0v) is 17.2. The van der Waals surface area contributed by atoms with Crippen LogP contribution in [0.1, 0.15) is 35.3 Å². The number of carbonyl (C=O) groups excluding carboxylic acids is 1. The fourth-order valence-electron chi connectivity index (χ4n) is 3.95. The molecule has 0 saturated heterocycles. The van der Waals surface area contributed by atoms with Gasteiger partial charge in [-0.1, -0.05) is 44.2 Å². The molecule has 1 unspecified atom stereocenters. The minimum atomic E-state index is -0.140. The SMILES string of the molecule is COc1cccc(C(=O)NCC(C(C)C)N2CCc3ccccc3C2)c1OC. The Morgan fingerprint density at radius 3 is 2.50 bits per heavy atom. The van der Waals surface area contributed by atoms with Crippen molar-refractivity contribution in [2.24, 2.45) is 5.92 Å². The molecule has 0 bridgehead atoms. The number of nitrogens with zero attached hydrogens (tertiary/aromatic N) is 1. The van der Waals surface area contributed by atoms with Gasteiger partial charge in [-0.05, 0) is 35.6 Å². The molecule has 0 spiro atoms. The summed E-state index contributed by atoms with van der Waals surface area (Å²) in [7, 11) is 3.12. The van der Waals surface area contributed by atoms with Gasteiger partial charge in [0.2, 0.25) is 0 Å². The highest BCUT2D eigenvalue weighted by Gasteiger charge is 2.26. The zero-order valence-electron chi connectivity index (χ0n) is 17.2. The second-order valence-electron chi connectivity index (χ2n) is 7.55. The van der Waals surface area contributed by atoms with Gasteiger partial charge in [-0.15, -0.1) is 0 Å². The summed E-state index contributed by atoms with van der Waals surface area (Å²) in [6.07, 6.45) is 1.05. The summed E-state index contributed by atoms with van der Waals surface area (Å²) in [6, 6.07) is 14.3. The number of benzene rings is 2. The summed E-state index contributed by atoms with van der Waals surface area (Å²) in [6.45, 7) is 6.96. The van der Waals surface area contributed by atoms with Crippen LogP contribution >= 0.6 is 0 Å². The Bertz CT molecular complexity index is 819. The van der Waals surface area contributed by atoms with Gasteiger partial charge >= 0.3 is 0 Å². The van der Waals surface area contributed by atoms with Gasteiger partial charge in [0.25, 0.3) is 5.91 Å². The number of rotatable bonds is 7. The number of carbonyl (C=O) groups is 1. The molecule has 1 amide bonds.